The lowest BCUT2D eigenvalue weighted by Crippen LogP contribution is -2.53. The zero-order chi connectivity index (χ0) is 44.6. The van der Waals surface area contributed by atoms with Crippen LogP contribution in [0.25, 0.3) is 33.4 Å². The Hall–Kier alpha value is -7.17. The third-order valence-electron chi connectivity index (χ3n) is 11.3. The summed E-state index contributed by atoms with van der Waals surface area (Å²) in [5.74, 6) is -3.45. The molecule has 2 aromatic heterocycles. The molecule has 0 radical (unpaired) electrons. The van der Waals surface area contributed by atoms with Gasteiger partial charge >= 0.3 is 23.9 Å². The van der Waals surface area contributed by atoms with Gasteiger partial charge in [-0.2, -0.15) is 0 Å². The van der Waals surface area contributed by atoms with Gasteiger partial charge in [-0.15, -0.1) is 0 Å². The molecule has 0 bridgehead atoms. The largest absolute Gasteiger partial charge is 0.481 e. The second kappa shape index (κ2) is 16.9. The van der Waals surface area contributed by atoms with Crippen LogP contribution in [0.1, 0.15) is 61.9 Å². The van der Waals surface area contributed by atoms with Crippen molar-refractivity contribution in [3.8, 4) is 22.5 Å². The summed E-state index contributed by atoms with van der Waals surface area (Å²) >= 11 is 0. The molecule has 2 aliphatic rings. The van der Waals surface area contributed by atoms with Gasteiger partial charge in [0, 0.05) is 22.2 Å². The number of anilines is 1. The summed E-state index contributed by atoms with van der Waals surface area (Å²) in [7, 11) is -4.19. The van der Waals surface area contributed by atoms with Gasteiger partial charge in [-0.05, 0) is 71.5 Å². The molecule has 322 valence electrons. The van der Waals surface area contributed by atoms with Crippen molar-refractivity contribution in [1.29, 1.82) is 0 Å². The van der Waals surface area contributed by atoms with Gasteiger partial charge in [0.15, 0.2) is 0 Å². The van der Waals surface area contributed by atoms with Crippen molar-refractivity contribution in [2.24, 2.45) is 5.92 Å². The highest BCUT2D eigenvalue weighted by Gasteiger charge is 2.51. The lowest BCUT2D eigenvalue weighted by Gasteiger charge is -2.37. The van der Waals surface area contributed by atoms with E-state index in [0.29, 0.717) is 33.8 Å². The van der Waals surface area contributed by atoms with Crippen LogP contribution in [-0.2, 0) is 52.6 Å². The van der Waals surface area contributed by atoms with Gasteiger partial charge in [0.1, 0.15) is 12.6 Å². The number of amides is 2. The minimum absolute atomic E-state index is 0.0657. The van der Waals surface area contributed by atoms with E-state index in [1.54, 1.807) is 98.1 Å². The zero-order valence-corrected chi connectivity index (χ0v) is 35.3. The topological polar surface area (TPSA) is 212 Å². The lowest BCUT2D eigenvalue weighted by molar-refractivity contribution is -0.191. The first kappa shape index (κ1) is 42.5. The number of benzene rings is 4. The molecule has 16 heteroatoms. The zero-order valence-electron chi connectivity index (χ0n) is 34.5. The molecule has 0 aliphatic carbocycles. The number of rotatable bonds is 13. The van der Waals surface area contributed by atoms with Crippen LogP contribution in [0.15, 0.2) is 125 Å². The molecule has 2 aliphatic heterocycles. The molecule has 6 aromatic rings. The van der Waals surface area contributed by atoms with Gasteiger partial charge in [0.05, 0.1) is 46.4 Å². The molecule has 0 saturated heterocycles. The van der Waals surface area contributed by atoms with Crippen molar-refractivity contribution in [2.75, 3.05) is 5.32 Å². The van der Waals surface area contributed by atoms with Gasteiger partial charge in [-0.1, -0.05) is 93.6 Å². The van der Waals surface area contributed by atoms with Crippen LogP contribution in [0.5, 0.6) is 0 Å². The average molecular weight is 870 g/mol. The first-order chi connectivity index (χ1) is 30.2. The highest BCUT2D eigenvalue weighted by atomic mass is 32.2. The fourth-order valence-corrected chi connectivity index (χ4v) is 9.36. The van der Waals surface area contributed by atoms with Crippen molar-refractivity contribution in [3.05, 3.63) is 148 Å². The fraction of sp³-hybridized carbons (Fsp3) is 0.234. The number of carboxylic acids is 1. The minimum Gasteiger partial charge on any atom is -0.481 e. The maximum atomic E-state index is 14.1. The number of pyridine rings is 2. The maximum absolute atomic E-state index is 14.1. The number of esters is 2. The number of sulfonamides is 1. The molecule has 4 heterocycles. The number of fused-ring (bicyclic) bond motifs is 5. The van der Waals surface area contributed by atoms with E-state index in [1.807, 2.05) is 30.3 Å². The predicted octanol–water partition coefficient (Wildman–Crippen LogP) is 6.64. The number of aromatic nitrogens is 2. The molecule has 8 rings (SSSR count). The van der Waals surface area contributed by atoms with Crippen molar-refractivity contribution in [3.63, 3.8) is 0 Å². The van der Waals surface area contributed by atoms with E-state index in [0.717, 1.165) is 16.5 Å². The number of carbonyl (C=O) groups is 4. The Morgan fingerprint density at radius 1 is 0.905 bits per heavy atom. The summed E-state index contributed by atoms with van der Waals surface area (Å²) < 4.78 is 42.8. The number of aliphatic carboxylic acids is 1. The summed E-state index contributed by atoms with van der Waals surface area (Å²) in [5.41, 5.74) is 2.50. The Balaban J connectivity index is 1.00. The third-order valence-corrected chi connectivity index (χ3v) is 12.8. The molecule has 4 N–H and O–H groups in total. The number of hydrogen-bond donors (Lipinski definition) is 4. The van der Waals surface area contributed by atoms with E-state index in [1.165, 1.54) is 12.1 Å². The quantitative estimate of drug-likeness (QED) is 0.0903. The highest BCUT2D eigenvalue weighted by molar-refractivity contribution is 7.89. The molecule has 0 saturated carbocycles. The second-order valence-corrected chi connectivity index (χ2v) is 17.5. The standard InChI is InChI=1S/C47H43N5O10S/c1-4-47(36-23-39-42-32(20-31-14-8-9-19-37(31)49-42)25-52(39)43(55)35(36)26-61-45(47)57)62-44(56)41(27(2)3)50-46(58)48-33-17-10-15-29(21-33)30-16-11-18-34(22-30)63(59,60)51-38(24-40(53)54)28-12-6-5-7-13-28/h5-23,27,38,41,51H,4,24-26H2,1-3H3,(H,53,54)(H2,48,50,58)/t38?,41-,47+/m1/s1. The van der Waals surface area contributed by atoms with Gasteiger partial charge in [0.2, 0.25) is 15.6 Å². The average Bonchev–Trinajstić information content (AvgIpc) is 3.63. The number of urea groups is 1. The molecule has 3 atom stereocenters. The summed E-state index contributed by atoms with van der Waals surface area (Å²) in [6, 6.07) is 29.3. The van der Waals surface area contributed by atoms with Crippen LogP contribution in [0.4, 0.5) is 10.5 Å². The normalized spacial score (nSPS) is 16.3. The number of nitrogens with one attached hydrogen (secondary N) is 3. The molecular weight excluding hydrogens is 827 g/mol. The monoisotopic (exact) mass is 869 g/mol. The number of hydrogen-bond acceptors (Lipinski definition) is 10. The van der Waals surface area contributed by atoms with E-state index in [2.05, 4.69) is 15.4 Å². The summed E-state index contributed by atoms with van der Waals surface area (Å²) in [6.45, 7) is 5.02. The summed E-state index contributed by atoms with van der Waals surface area (Å²) in [4.78, 5) is 71.8. The van der Waals surface area contributed by atoms with Crippen LogP contribution in [0.2, 0.25) is 0 Å². The van der Waals surface area contributed by atoms with Crippen LogP contribution < -0.4 is 20.9 Å². The minimum atomic E-state index is -4.19. The fourth-order valence-electron chi connectivity index (χ4n) is 8.09. The first-order valence-electron chi connectivity index (χ1n) is 20.3. The number of nitrogens with zero attached hydrogens (tertiary/aromatic N) is 2. The van der Waals surface area contributed by atoms with Crippen molar-refractivity contribution in [1.82, 2.24) is 19.6 Å². The SMILES string of the molecule is CC[C@@]1(OC(=O)[C@H](NC(=O)Nc2cccc(-c3cccc(S(=O)(=O)NC(CC(=O)O)c4ccccc4)c3)c2)C(C)C)C(=O)OCc2c1cc1n(c2=O)Cc2cc3ccccc3nc2-1. The molecule has 1 unspecified atom stereocenters. The molecule has 0 fully saturated rings. The van der Waals surface area contributed by atoms with Crippen LogP contribution in [-0.4, -0.2) is 53.1 Å². The van der Waals surface area contributed by atoms with Crippen LogP contribution in [0, 0.1) is 5.92 Å². The molecule has 2 amide bonds. The van der Waals surface area contributed by atoms with Crippen LogP contribution >= 0.6 is 0 Å². The van der Waals surface area contributed by atoms with E-state index in [4.69, 9.17) is 14.5 Å². The Labute approximate surface area is 362 Å². The molecule has 63 heavy (non-hydrogen) atoms. The number of ether oxygens (including phenoxy) is 2. The highest BCUT2D eigenvalue weighted by Crippen LogP contribution is 2.41. The first-order valence-corrected chi connectivity index (χ1v) is 21.8. The molecular formula is C47H43N5O10S. The Kier molecular flexibility index (Phi) is 11.4. The van der Waals surface area contributed by atoms with Gasteiger partial charge in [0.25, 0.3) is 5.56 Å². The van der Waals surface area contributed by atoms with E-state index >= 15 is 0 Å². The van der Waals surface area contributed by atoms with Crippen molar-refractivity contribution >= 4 is 50.6 Å². The Bertz CT molecular complexity index is 2990. The number of cyclic esters (lactones) is 1. The predicted molar refractivity (Wildman–Crippen MR) is 233 cm³/mol. The van der Waals surface area contributed by atoms with E-state index in [-0.39, 0.29) is 41.2 Å². The number of carbonyl (C=O) groups excluding carboxylic acids is 3. The third kappa shape index (κ3) is 8.29. The van der Waals surface area contributed by atoms with Gasteiger partial charge < -0.3 is 29.8 Å². The number of carboxylic acid groups (broad SMARTS) is 1. The number of para-hydroxylation sites is 1. The van der Waals surface area contributed by atoms with E-state index < -0.39 is 64.0 Å². The van der Waals surface area contributed by atoms with Gasteiger partial charge in [-0.25, -0.2) is 32.5 Å². The second-order valence-electron chi connectivity index (χ2n) is 15.8. The van der Waals surface area contributed by atoms with E-state index in [9.17, 15) is 37.5 Å². The Morgan fingerprint density at radius 3 is 2.35 bits per heavy atom. The molecule has 0 spiro atoms. The Morgan fingerprint density at radius 2 is 1.62 bits per heavy atom. The smallest absolute Gasteiger partial charge is 0.355 e. The van der Waals surface area contributed by atoms with Crippen molar-refractivity contribution < 1.29 is 42.2 Å². The lowest BCUT2D eigenvalue weighted by atomic mass is 9.85. The molecule has 15 nitrogen and oxygen atoms in total. The van der Waals surface area contributed by atoms with Gasteiger partial charge in [-0.3, -0.25) is 9.59 Å². The maximum Gasteiger partial charge on any atom is 0.355 e. The van der Waals surface area contributed by atoms with Crippen LogP contribution in [0.3, 0.4) is 0 Å². The summed E-state index contributed by atoms with van der Waals surface area (Å²) in [5, 5.41) is 15.8. The summed E-state index contributed by atoms with van der Waals surface area (Å²) in [6.07, 6.45) is -0.535. The van der Waals surface area contributed by atoms with Crippen molar-refractivity contribution in [2.45, 2.75) is 69.3 Å². The molecule has 4 aromatic carbocycles.